The molecule has 336 valence electrons. The first kappa shape index (κ1) is 55.6. The fourth-order valence-electron chi connectivity index (χ4n) is 6.30. The second-order valence-corrected chi connectivity index (χ2v) is 15.8. The van der Waals surface area contributed by atoms with Crippen LogP contribution < -0.4 is 0 Å². The van der Waals surface area contributed by atoms with Gasteiger partial charge in [-0.3, -0.25) is 14.4 Å². The minimum atomic E-state index is -0.799. The van der Waals surface area contributed by atoms with Crippen LogP contribution in [0.2, 0.25) is 0 Å². The molecule has 59 heavy (non-hydrogen) atoms. The first-order chi connectivity index (χ1) is 29.0. The van der Waals surface area contributed by atoms with Crippen molar-refractivity contribution in [2.24, 2.45) is 0 Å². The monoisotopic (exact) mass is 821 g/mol. The largest absolute Gasteiger partial charge is 0.462 e. The number of allylic oxidation sites excluding steroid dienone is 14. The lowest BCUT2D eigenvalue weighted by Gasteiger charge is -2.18. The molecule has 0 fully saturated rings. The summed E-state index contributed by atoms with van der Waals surface area (Å²) in [5.41, 5.74) is 0. The third kappa shape index (κ3) is 45.5. The second kappa shape index (κ2) is 47.3. The van der Waals surface area contributed by atoms with Crippen LogP contribution in [0.4, 0.5) is 0 Å². The first-order valence-electron chi connectivity index (χ1n) is 24.2. The van der Waals surface area contributed by atoms with Crippen LogP contribution in [0, 0.1) is 0 Å². The molecule has 6 nitrogen and oxygen atoms in total. The first-order valence-corrected chi connectivity index (χ1v) is 24.2. The van der Waals surface area contributed by atoms with Gasteiger partial charge in [-0.2, -0.15) is 0 Å². The van der Waals surface area contributed by atoms with Gasteiger partial charge < -0.3 is 14.2 Å². The lowest BCUT2D eigenvalue weighted by Crippen LogP contribution is -2.30. The summed E-state index contributed by atoms with van der Waals surface area (Å²) in [7, 11) is 0. The summed E-state index contributed by atoms with van der Waals surface area (Å²) in [6.07, 6.45) is 59.9. The number of unbranched alkanes of at least 4 members (excludes halogenated alkanes) is 21. The highest BCUT2D eigenvalue weighted by molar-refractivity contribution is 5.71. The Morgan fingerprint density at radius 3 is 1.12 bits per heavy atom. The fourth-order valence-corrected chi connectivity index (χ4v) is 6.30. The van der Waals surface area contributed by atoms with Crippen molar-refractivity contribution in [2.75, 3.05) is 13.2 Å². The van der Waals surface area contributed by atoms with Crippen LogP contribution in [-0.2, 0) is 28.6 Å². The highest BCUT2D eigenvalue weighted by Gasteiger charge is 2.19. The Hall–Kier alpha value is -3.41. The molecular formula is C53H88O6. The number of hydrogen-bond donors (Lipinski definition) is 0. The summed E-state index contributed by atoms with van der Waals surface area (Å²) in [5, 5.41) is 0. The van der Waals surface area contributed by atoms with E-state index < -0.39 is 6.10 Å². The Morgan fingerprint density at radius 2 is 0.695 bits per heavy atom. The summed E-state index contributed by atoms with van der Waals surface area (Å²) >= 11 is 0. The maximum absolute atomic E-state index is 12.7. The molecule has 1 unspecified atom stereocenters. The van der Waals surface area contributed by atoms with Gasteiger partial charge in [0.25, 0.3) is 0 Å². The molecule has 0 saturated heterocycles. The van der Waals surface area contributed by atoms with E-state index in [0.717, 1.165) is 128 Å². The van der Waals surface area contributed by atoms with Gasteiger partial charge in [0.15, 0.2) is 6.10 Å². The number of hydrogen-bond acceptors (Lipinski definition) is 6. The molecule has 0 bridgehead atoms. The highest BCUT2D eigenvalue weighted by Crippen LogP contribution is 2.13. The van der Waals surface area contributed by atoms with Gasteiger partial charge in [0, 0.05) is 19.3 Å². The Labute approximate surface area is 363 Å². The maximum atomic E-state index is 12.7. The van der Waals surface area contributed by atoms with E-state index in [9.17, 15) is 14.4 Å². The summed E-state index contributed by atoms with van der Waals surface area (Å²) in [5.74, 6) is -0.958. The fraction of sp³-hybridized carbons (Fsp3) is 0.679. The zero-order valence-electron chi connectivity index (χ0n) is 38.2. The topological polar surface area (TPSA) is 78.9 Å². The van der Waals surface area contributed by atoms with E-state index in [1.807, 2.05) is 0 Å². The molecule has 6 heteroatoms. The van der Waals surface area contributed by atoms with Crippen LogP contribution in [0.1, 0.15) is 213 Å². The molecule has 0 aliphatic heterocycles. The summed E-state index contributed by atoms with van der Waals surface area (Å²) in [4.78, 5) is 37.8. The molecule has 0 heterocycles. The normalized spacial score (nSPS) is 12.8. The van der Waals surface area contributed by atoms with E-state index in [1.165, 1.54) is 44.9 Å². The van der Waals surface area contributed by atoms with Crippen molar-refractivity contribution in [2.45, 2.75) is 219 Å². The molecule has 0 aromatic rings. The van der Waals surface area contributed by atoms with Gasteiger partial charge in [-0.05, 0) is 83.5 Å². The molecule has 0 saturated carbocycles. The highest BCUT2D eigenvalue weighted by atomic mass is 16.6. The van der Waals surface area contributed by atoms with E-state index in [4.69, 9.17) is 14.2 Å². The average Bonchev–Trinajstić information content (AvgIpc) is 3.23. The number of carbonyl (C=O) groups excluding carboxylic acids is 3. The number of esters is 3. The Bertz CT molecular complexity index is 1170. The Balaban J connectivity index is 4.44. The van der Waals surface area contributed by atoms with E-state index in [1.54, 1.807) is 0 Å². The maximum Gasteiger partial charge on any atom is 0.306 e. The van der Waals surface area contributed by atoms with Gasteiger partial charge in [-0.1, -0.05) is 196 Å². The summed E-state index contributed by atoms with van der Waals surface area (Å²) < 4.78 is 16.7. The minimum absolute atomic E-state index is 0.0991. The quantitative estimate of drug-likeness (QED) is 0.0201. The van der Waals surface area contributed by atoms with Crippen molar-refractivity contribution in [1.82, 2.24) is 0 Å². The van der Waals surface area contributed by atoms with Crippen molar-refractivity contribution in [3.8, 4) is 0 Å². The van der Waals surface area contributed by atoms with Crippen molar-refractivity contribution >= 4 is 17.9 Å². The molecule has 0 aromatic heterocycles. The molecular weight excluding hydrogens is 733 g/mol. The summed E-state index contributed by atoms with van der Waals surface area (Å²) in [6.45, 7) is 6.38. The Kier molecular flexibility index (Phi) is 44.5. The van der Waals surface area contributed by atoms with E-state index in [2.05, 4.69) is 106 Å². The van der Waals surface area contributed by atoms with Crippen LogP contribution in [0.3, 0.4) is 0 Å². The number of rotatable bonds is 42. The Morgan fingerprint density at radius 1 is 0.356 bits per heavy atom. The van der Waals surface area contributed by atoms with Crippen molar-refractivity contribution in [3.63, 3.8) is 0 Å². The lowest BCUT2D eigenvalue weighted by atomic mass is 10.1. The van der Waals surface area contributed by atoms with Gasteiger partial charge in [-0.15, -0.1) is 0 Å². The number of carbonyl (C=O) groups is 3. The van der Waals surface area contributed by atoms with Crippen LogP contribution >= 0.6 is 0 Å². The molecule has 0 N–H and O–H groups in total. The summed E-state index contributed by atoms with van der Waals surface area (Å²) in [6, 6.07) is 0. The lowest BCUT2D eigenvalue weighted by molar-refractivity contribution is -0.167. The average molecular weight is 821 g/mol. The predicted octanol–water partition coefficient (Wildman–Crippen LogP) is 15.6. The molecule has 1 atom stereocenters. The molecule has 0 aliphatic carbocycles. The van der Waals surface area contributed by atoms with Crippen LogP contribution in [-0.4, -0.2) is 37.2 Å². The molecule has 0 amide bonds. The van der Waals surface area contributed by atoms with Gasteiger partial charge >= 0.3 is 17.9 Å². The zero-order valence-corrected chi connectivity index (χ0v) is 38.2. The zero-order chi connectivity index (χ0) is 43.0. The van der Waals surface area contributed by atoms with Crippen LogP contribution in [0.15, 0.2) is 85.1 Å². The van der Waals surface area contributed by atoms with E-state index in [-0.39, 0.29) is 31.1 Å². The van der Waals surface area contributed by atoms with Gasteiger partial charge in [0.1, 0.15) is 13.2 Å². The van der Waals surface area contributed by atoms with Crippen molar-refractivity contribution in [3.05, 3.63) is 85.1 Å². The van der Waals surface area contributed by atoms with E-state index >= 15 is 0 Å². The molecule has 0 aromatic carbocycles. The SMILES string of the molecule is CC\C=C/C=C\C=C/CCCCCCCC(=O)OC(COC(=O)CCCCCC/C=C\CCCC)COC(=O)CCCCCCC\C=C/C=C\C=C/CCCCCCC. The van der Waals surface area contributed by atoms with Gasteiger partial charge in [-0.25, -0.2) is 0 Å². The molecule has 0 spiro atoms. The number of ether oxygens (including phenoxy) is 3. The third-order valence-electron chi connectivity index (χ3n) is 9.98. The smallest absolute Gasteiger partial charge is 0.306 e. The van der Waals surface area contributed by atoms with Crippen LogP contribution in [0.5, 0.6) is 0 Å². The van der Waals surface area contributed by atoms with Crippen molar-refractivity contribution in [1.29, 1.82) is 0 Å². The molecule has 0 aliphatic rings. The second-order valence-electron chi connectivity index (χ2n) is 15.8. The van der Waals surface area contributed by atoms with Gasteiger partial charge in [0.2, 0.25) is 0 Å². The van der Waals surface area contributed by atoms with E-state index in [0.29, 0.717) is 19.3 Å². The minimum Gasteiger partial charge on any atom is -0.462 e. The molecule has 0 radical (unpaired) electrons. The third-order valence-corrected chi connectivity index (χ3v) is 9.98. The van der Waals surface area contributed by atoms with Crippen LogP contribution in [0.25, 0.3) is 0 Å². The standard InChI is InChI=1S/C53H88O6/c1-4-7-10-13-16-19-22-24-25-26-27-28-30-31-34-37-40-43-46-52(55)58-49-50(48-57-51(54)45-42-39-36-33-21-18-15-12-9-6-3)59-53(56)47-44-41-38-35-32-29-23-20-17-14-11-8-5-2/h8,11,14-15,17-18,20,22-28,50H,4-7,9-10,12-13,16,19,21,29-49H2,1-3H3/b11-8-,17-14-,18-15-,23-20-,24-22-,26-25-,28-27-. The van der Waals surface area contributed by atoms with Gasteiger partial charge in [0.05, 0.1) is 0 Å². The van der Waals surface area contributed by atoms with Crippen molar-refractivity contribution < 1.29 is 28.6 Å². The molecule has 0 rings (SSSR count). The predicted molar refractivity (Wildman–Crippen MR) is 251 cm³/mol.